The van der Waals surface area contributed by atoms with Crippen LogP contribution in [0, 0.1) is 16.7 Å². The molecule has 1 N–H and O–H groups in total. The summed E-state index contributed by atoms with van der Waals surface area (Å²) in [7, 11) is 0. The van der Waals surface area contributed by atoms with Crippen molar-refractivity contribution in [1.29, 1.82) is 0 Å². The molecule has 0 saturated heterocycles. The van der Waals surface area contributed by atoms with E-state index in [1.165, 1.54) is 32.1 Å². The Morgan fingerprint density at radius 1 is 1.33 bits per heavy atom. The van der Waals surface area contributed by atoms with E-state index in [2.05, 4.69) is 13.8 Å². The van der Waals surface area contributed by atoms with Gasteiger partial charge in [-0.15, -0.1) is 0 Å². The molecule has 2 nitrogen and oxygen atoms in total. The third kappa shape index (κ3) is 1.91. The molecule has 1 unspecified atom stereocenters. The summed E-state index contributed by atoms with van der Waals surface area (Å²) in [5, 5.41) is 8.78. The van der Waals surface area contributed by atoms with Gasteiger partial charge in [-0.1, -0.05) is 13.8 Å². The molecule has 3 saturated carbocycles. The zero-order chi connectivity index (χ0) is 11.1. The van der Waals surface area contributed by atoms with E-state index in [1.807, 2.05) is 0 Å². The Morgan fingerprint density at radius 2 is 1.93 bits per heavy atom. The minimum atomic E-state index is -0.629. The number of carboxylic acids is 1. The Labute approximate surface area is 92.1 Å². The summed E-state index contributed by atoms with van der Waals surface area (Å²) < 4.78 is 0. The van der Waals surface area contributed by atoms with Gasteiger partial charge in [0.05, 0.1) is 0 Å². The molecule has 0 amide bonds. The van der Waals surface area contributed by atoms with Gasteiger partial charge in [0.25, 0.3) is 0 Å². The first-order chi connectivity index (χ1) is 6.96. The second-order valence-corrected chi connectivity index (χ2v) is 6.15. The molecule has 1 atom stereocenters. The molecule has 0 radical (unpaired) electrons. The second kappa shape index (κ2) is 3.50. The lowest BCUT2D eigenvalue weighted by atomic mass is 9.49. The molecule has 0 spiro atoms. The van der Waals surface area contributed by atoms with Crippen molar-refractivity contribution in [2.24, 2.45) is 16.7 Å². The highest BCUT2D eigenvalue weighted by molar-refractivity contribution is 5.66. The predicted octanol–water partition coefficient (Wildman–Crippen LogP) is 3.46. The number of hydrogen-bond donors (Lipinski definition) is 1. The van der Waals surface area contributed by atoms with Gasteiger partial charge in [0.15, 0.2) is 0 Å². The number of hydrogen-bond acceptors (Lipinski definition) is 1. The molecule has 3 aliphatic carbocycles. The van der Waals surface area contributed by atoms with Crippen molar-refractivity contribution in [2.75, 3.05) is 0 Å². The molecule has 2 heteroatoms. The summed E-state index contributed by atoms with van der Waals surface area (Å²) in [4.78, 5) is 10.7. The van der Waals surface area contributed by atoms with Crippen LogP contribution in [0.5, 0.6) is 0 Å². The van der Waals surface area contributed by atoms with E-state index < -0.39 is 5.97 Å². The first kappa shape index (κ1) is 11.0. The molecule has 0 aromatic heterocycles. The van der Waals surface area contributed by atoms with Crippen LogP contribution < -0.4 is 0 Å². The highest BCUT2D eigenvalue weighted by atomic mass is 16.4. The third-order valence-electron chi connectivity index (χ3n) is 5.25. The normalized spacial score (nSPS) is 44.3. The Balaban J connectivity index is 2.02. The Kier molecular flexibility index (Phi) is 2.56. The summed E-state index contributed by atoms with van der Waals surface area (Å²) >= 11 is 0. The summed E-state index contributed by atoms with van der Waals surface area (Å²) in [6, 6.07) is 0. The first-order valence-electron chi connectivity index (χ1n) is 6.18. The molecule has 2 bridgehead atoms. The molecule has 3 fully saturated rings. The van der Waals surface area contributed by atoms with Gasteiger partial charge in [-0.25, -0.2) is 0 Å². The summed E-state index contributed by atoms with van der Waals surface area (Å²) in [6.45, 7) is 4.77. The maximum absolute atomic E-state index is 10.7. The lowest BCUT2D eigenvalue weighted by Gasteiger charge is -2.56. The zero-order valence-corrected chi connectivity index (χ0v) is 9.88. The van der Waals surface area contributed by atoms with Crippen molar-refractivity contribution < 1.29 is 9.90 Å². The van der Waals surface area contributed by atoms with Gasteiger partial charge in [-0.2, -0.15) is 0 Å². The fraction of sp³-hybridized carbons (Fsp3) is 0.923. The SMILES string of the molecule is CC1CC2(CCC(=O)O)CCC1(C)CC2. The lowest BCUT2D eigenvalue weighted by Crippen LogP contribution is -2.45. The Morgan fingerprint density at radius 3 is 2.40 bits per heavy atom. The molecule has 0 aromatic rings. The van der Waals surface area contributed by atoms with Gasteiger partial charge >= 0.3 is 5.97 Å². The quantitative estimate of drug-likeness (QED) is 0.774. The molecular formula is C13H22O2. The number of aliphatic carboxylic acids is 1. The molecule has 0 aromatic carbocycles. The maximum Gasteiger partial charge on any atom is 0.303 e. The largest absolute Gasteiger partial charge is 0.481 e. The van der Waals surface area contributed by atoms with Gasteiger partial charge in [-0.05, 0) is 55.3 Å². The summed E-state index contributed by atoms with van der Waals surface area (Å²) in [5.74, 6) is 0.157. The van der Waals surface area contributed by atoms with Crippen molar-refractivity contribution in [2.45, 2.75) is 58.8 Å². The van der Waals surface area contributed by atoms with E-state index in [4.69, 9.17) is 5.11 Å². The third-order valence-corrected chi connectivity index (χ3v) is 5.25. The van der Waals surface area contributed by atoms with E-state index in [1.54, 1.807) is 0 Å². The first-order valence-corrected chi connectivity index (χ1v) is 6.18. The number of rotatable bonds is 3. The summed E-state index contributed by atoms with van der Waals surface area (Å²) in [6.07, 6.45) is 7.69. The molecular weight excluding hydrogens is 188 g/mol. The summed E-state index contributed by atoms with van der Waals surface area (Å²) in [5.41, 5.74) is 0.945. The van der Waals surface area contributed by atoms with Gasteiger partial charge < -0.3 is 5.11 Å². The van der Waals surface area contributed by atoms with Crippen molar-refractivity contribution in [3.8, 4) is 0 Å². The fourth-order valence-electron chi connectivity index (χ4n) is 3.67. The van der Waals surface area contributed by atoms with Gasteiger partial charge in [0.1, 0.15) is 0 Å². The van der Waals surface area contributed by atoms with Crippen LogP contribution in [0.2, 0.25) is 0 Å². The molecule has 3 aliphatic rings. The highest BCUT2D eigenvalue weighted by Gasteiger charge is 2.49. The van der Waals surface area contributed by atoms with Gasteiger partial charge in [-0.3, -0.25) is 4.79 Å². The van der Waals surface area contributed by atoms with Crippen LogP contribution in [0.1, 0.15) is 58.8 Å². The number of carbonyl (C=O) groups is 1. The Bertz CT molecular complexity index is 262. The minimum absolute atomic E-state index is 0.365. The van der Waals surface area contributed by atoms with E-state index in [9.17, 15) is 4.79 Å². The van der Waals surface area contributed by atoms with Gasteiger partial charge in [0.2, 0.25) is 0 Å². The second-order valence-electron chi connectivity index (χ2n) is 6.15. The van der Waals surface area contributed by atoms with Crippen LogP contribution in [-0.4, -0.2) is 11.1 Å². The van der Waals surface area contributed by atoms with Crippen LogP contribution in [0.15, 0.2) is 0 Å². The topological polar surface area (TPSA) is 37.3 Å². The van der Waals surface area contributed by atoms with Gasteiger partial charge in [0, 0.05) is 6.42 Å². The minimum Gasteiger partial charge on any atom is -0.481 e. The predicted molar refractivity (Wildman–Crippen MR) is 59.7 cm³/mol. The molecule has 0 heterocycles. The van der Waals surface area contributed by atoms with E-state index >= 15 is 0 Å². The van der Waals surface area contributed by atoms with E-state index in [0.29, 0.717) is 17.3 Å². The Hall–Kier alpha value is -0.530. The number of carboxylic acid groups (broad SMARTS) is 1. The molecule has 0 aliphatic heterocycles. The number of fused-ring (bicyclic) bond motifs is 3. The fourth-order valence-corrected chi connectivity index (χ4v) is 3.67. The van der Waals surface area contributed by atoms with Crippen LogP contribution in [-0.2, 0) is 4.79 Å². The molecule has 15 heavy (non-hydrogen) atoms. The van der Waals surface area contributed by atoms with Crippen LogP contribution in [0.3, 0.4) is 0 Å². The van der Waals surface area contributed by atoms with Crippen molar-refractivity contribution >= 4 is 5.97 Å². The van der Waals surface area contributed by atoms with Crippen LogP contribution in [0.4, 0.5) is 0 Å². The standard InChI is InChI=1S/C13H22O2/c1-10-9-13(4-3-11(14)15)7-5-12(10,2)6-8-13/h10H,3-9H2,1-2H3,(H,14,15). The lowest BCUT2D eigenvalue weighted by molar-refractivity contribution is -0.139. The van der Waals surface area contributed by atoms with Crippen molar-refractivity contribution in [3.63, 3.8) is 0 Å². The van der Waals surface area contributed by atoms with Crippen molar-refractivity contribution in [3.05, 3.63) is 0 Å². The average Bonchev–Trinajstić information content (AvgIpc) is 2.19. The van der Waals surface area contributed by atoms with Crippen molar-refractivity contribution in [1.82, 2.24) is 0 Å². The van der Waals surface area contributed by atoms with Crippen LogP contribution >= 0.6 is 0 Å². The smallest absolute Gasteiger partial charge is 0.303 e. The highest BCUT2D eigenvalue weighted by Crippen LogP contribution is 2.60. The van der Waals surface area contributed by atoms with E-state index in [-0.39, 0.29) is 0 Å². The van der Waals surface area contributed by atoms with E-state index in [0.717, 1.165) is 12.3 Å². The monoisotopic (exact) mass is 210 g/mol. The van der Waals surface area contributed by atoms with Crippen LogP contribution in [0.25, 0.3) is 0 Å². The zero-order valence-electron chi connectivity index (χ0n) is 9.88. The molecule has 3 rings (SSSR count). The maximum atomic E-state index is 10.7. The average molecular weight is 210 g/mol. The molecule has 86 valence electrons.